The van der Waals surface area contributed by atoms with Crippen molar-refractivity contribution in [1.82, 2.24) is 15.5 Å². The van der Waals surface area contributed by atoms with Crippen LogP contribution in [0.1, 0.15) is 48.8 Å². The van der Waals surface area contributed by atoms with Gasteiger partial charge in [0.25, 0.3) is 5.91 Å². The minimum absolute atomic E-state index is 0.0601. The summed E-state index contributed by atoms with van der Waals surface area (Å²) in [4.78, 5) is 22.8. The van der Waals surface area contributed by atoms with Crippen LogP contribution < -0.4 is 5.32 Å². The first-order chi connectivity index (χ1) is 9.10. The molecule has 6 nitrogen and oxygen atoms in total. The van der Waals surface area contributed by atoms with E-state index in [1.807, 2.05) is 6.92 Å². The zero-order chi connectivity index (χ0) is 13.8. The number of H-pyrrole nitrogens is 1. The number of carbonyl (C=O) groups is 2. The maximum Gasteiger partial charge on any atom is 0.306 e. The summed E-state index contributed by atoms with van der Waals surface area (Å²) < 4.78 is 0. The molecule has 1 fully saturated rings. The predicted octanol–water partition coefficient (Wildman–Crippen LogP) is 1.35. The van der Waals surface area contributed by atoms with Crippen LogP contribution in [0.3, 0.4) is 0 Å². The number of aromatic amines is 1. The van der Waals surface area contributed by atoms with E-state index >= 15 is 0 Å². The van der Waals surface area contributed by atoms with Gasteiger partial charge in [-0.2, -0.15) is 5.10 Å². The van der Waals surface area contributed by atoms with E-state index in [9.17, 15) is 9.59 Å². The van der Waals surface area contributed by atoms with Gasteiger partial charge in [0.2, 0.25) is 0 Å². The molecular formula is C13H19N3O3. The van der Waals surface area contributed by atoms with Crippen molar-refractivity contribution in [1.29, 1.82) is 0 Å². The van der Waals surface area contributed by atoms with Gasteiger partial charge in [-0.05, 0) is 38.2 Å². The molecule has 104 valence electrons. The Morgan fingerprint density at radius 2 is 2.11 bits per heavy atom. The highest BCUT2D eigenvalue weighted by molar-refractivity contribution is 5.92. The normalized spacial score (nSPS) is 23.0. The number of carboxylic acid groups (broad SMARTS) is 1. The third-order valence-corrected chi connectivity index (χ3v) is 3.66. The van der Waals surface area contributed by atoms with Gasteiger partial charge in [-0.3, -0.25) is 14.7 Å². The van der Waals surface area contributed by atoms with Crippen LogP contribution in [0.4, 0.5) is 0 Å². The zero-order valence-corrected chi connectivity index (χ0v) is 11.0. The van der Waals surface area contributed by atoms with Gasteiger partial charge in [-0.15, -0.1) is 0 Å². The quantitative estimate of drug-likeness (QED) is 0.765. The molecule has 6 heteroatoms. The number of hydrogen-bond donors (Lipinski definition) is 3. The smallest absolute Gasteiger partial charge is 0.306 e. The van der Waals surface area contributed by atoms with Gasteiger partial charge in [0.15, 0.2) is 0 Å². The van der Waals surface area contributed by atoms with Gasteiger partial charge < -0.3 is 10.4 Å². The number of carboxylic acids is 1. The molecular weight excluding hydrogens is 246 g/mol. The molecule has 1 saturated carbocycles. The average Bonchev–Trinajstić information content (AvgIpc) is 2.88. The Balaban J connectivity index is 1.85. The molecule has 1 aliphatic carbocycles. The number of hydrogen-bond acceptors (Lipinski definition) is 3. The molecule has 1 amide bonds. The van der Waals surface area contributed by atoms with Crippen molar-refractivity contribution < 1.29 is 14.7 Å². The highest BCUT2D eigenvalue weighted by Crippen LogP contribution is 2.24. The molecule has 2 rings (SSSR count). The first-order valence-electron chi connectivity index (χ1n) is 6.68. The first kappa shape index (κ1) is 13.6. The Kier molecular flexibility index (Phi) is 4.19. The summed E-state index contributed by atoms with van der Waals surface area (Å²) in [6, 6.07) is 1.81. The van der Waals surface area contributed by atoms with Crippen LogP contribution in [0, 0.1) is 5.92 Å². The van der Waals surface area contributed by atoms with Crippen LogP contribution in [0.2, 0.25) is 0 Å². The fourth-order valence-corrected chi connectivity index (χ4v) is 2.40. The number of nitrogens with one attached hydrogen (secondary N) is 2. The lowest BCUT2D eigenvalue weighted by atomic mass is 9.86. The Labute approximate surface area is 111 Å². The summed E-state index contributed by atoms with van der Waals surface area (Å²) >= 11 is 0. The summed E-state index contributed by atoms with van der Waals surface area (Å²) in [6.45, 7) is 1.99. The van der Waals surface area contributed by atoms with Crippen molar-refractivity contribution in [2.75, 3.05) is 0 Å². The van der Waals surface area contributed by atoms with E-state index in [1.54, 1.807) is 6.07 Å². The van der Waals surface area contributed by atoms with Gasteiger partial charge in [0, 0.05) is 11.7 Å². The zero-order valence-electron chi connectivity index (χ0n) is 11.0. The Hall–Kier alpha value is -1.85. The molecule has 3 N–H and O–H groups in total. The Bertz CT molecular complexity index is 461. The maximum atomic E-state index is 11.9. The first-order valence-corrected chi connectivity index (χ1v) is 6.68. The van der Waals surface area contributed by atoms with Crippen molar-refractivity contribution in [3.8, 4) is 0 Å². The summed E-state index contributed by atoms with van der Waals surface area (Å²) in [5.74, 6) is -1.18. The van der Waals surface area contributed by atoms with E-state index in [0.717, 1.165) is 12.1 Å². The van der Waals surface area contributed by atoms with Crippen molar-refractivity contribution in [2.24, 2.45) is 5.92 Å². The molecule has 0 saturated heterocycles. The van der Waals surface area contributed by atoms with Crippen molar-refractivity contribution in [2.45, 2.75) is 45.1 Å². The summed E-state index contributed by atoms with van der Waals surface area (Å²) in [5.41, 5.74) is 1.33. The van der Waals surface area contributed by atoms with E-state index in [-0.39, 0.29) is 17.9 Å². The van der Waals surface area contributed by atoms with Gasteiger partial charge >= 0.3 is 5.97 Å². The molecule has 1 aromatic heterocycles. The lowest BCUT2D eigenvalue weighted by Crippen LogP contribution is -2.38. The molecule has 0 spiro atoms. The highest BCUT2D eigenvalue weighted by atomic mass is 16.4. The summed E-state index contributed by atoms with van der Waals surface area (Å²) in [5, 5.41) is 18.6. The van der Waals surface area contributed by atoms with Crippen molar-refractivity contribution in [3.05, 3.63) is 17.5 Å². The molecule has 1 aliphatic rings. The topological polar surface area (TPSA) is 95.1 Å². The number of nitrogens with zero attached hydrogens (tertiary/aromatic N) is 1. The molecule has 1 heterocycles. The van der Waals surface area contributed by atoms with Crippen LogP contribution in [0.25, 0.3) is 0 Å². The van der Waals surface area contributed by atoms with Gasteiger partial charge in [-0.25, -0.2) is 0 Å². The molecule has 0 atom stereocenters. The van der Waals surface area contributed by atoms with Crippen LogP contribution in [-0.4, -0.2) is 33.2 Å². The monoisotopic (exact) mass is 265 g/mol. The molecule has 19 heavy (non-hydrogen) atoms. The molecule has 0 aromatic carbocycles. The standard InChI is InChI=1S/C13H19N3O3/c1-2-9-7-11(16-15-9)12(17)14-10-5-3-8(4-6-10)13(18)19/h7-8,10H,2-6H2,1H3,(H,14,17)(H,15,16)(H,18,19). The molecule has 0 unspecified atom stereocenters. The number of amides is 1. The minimum atomic E-state index is -0.732. The fourth-order valence-electron chi connectivity index (χ4n) is 2.40. The van der Waals surface area contributed by atoms with Crippen molar-refractivity contribution >= 4 is 11.9 Å². The van der Waals surface area contributed by atoms with Crippen LogP contribution in [0.15, 0.2) is 6.07 Å². The average molecular weight is 265 g/mol. The number of aromatic nitrogens is 2. The van der Waals surface area contributed by atoms with E-state index in [0.29, 0.717) is 31.4 Å². The van der Waals surface area contributed by atoms with E-state index < -0.39 is 5.97 Å². The van der Waals surface area contributed by atoms with E-state index in [4.69, 9.17) is 5.11 Å². The van der Waals surface area contributed by atoms with Gasteiger partial charge in [-0.1, -0.05) is 6.92 Å². The third-order valence-electron chi connectivity index (χ3n) is 3.66. The predicted molar refractivity (Wildman–Crippen MR) is 68.8 cm³/mol. The highest BCUT2D eigenvalue weighted by Gasteiger charge is 2.27. The molecule has 0 bridgehead atoms. The SMILES string of the molecule is CCc1cc(C(=O)NC2CCC(C(=O)O)CC2)n[nH]1. The number of aryl methyl sites for hydroxylation is 1. The number of carbonyl (C=O) groups excluding carboxylic acids is 1. The summed E-state index contributed by atoms with van der Waals surface area (Å²) in [7, 11) is 0. The van der Waals surface area contributed by atoms with Crippen LogP contribution >= 0.6 is 0 Å². The maximum absolute atomic E-state index is 11.9. The summed E-state index contributed by atoms with van der Waals surface area (Å²) in [6.07, 6.45) is 3.49. The number of rotatable bonds is 4. The van der Waals surface area contributed by atoms with Crippen LogP contribution in [-0.2, 0) is 11.2 Å². The largest absolute Gasteiger partial charge is 0.481 e. The Morgan fingerprint density at radius 1 is 1.42 bits per heavy atom. The van der Waals surface area contributed by atoms with Crippen LogP contribution in [0.5, 0.6) is 0 Å². The molecule has 1 aromatic rings. The second kappa shape index (κ2) is 5.86. The lowest BCUT2D eigenvalue weighted by Gasteiger charge is -2.26. The minimum Gasteiger partial charge on any atom is -0.481 e. The van der Waals surface area contributed by atoms with E-state index in [2.05, 4.69) is 15.5 Å². The van der Waals surface area contributed by atoms with Gasteiger partial charge in [0.1, 0.15) is 5.69 Å². The third kappa shape index (κ3) is 3.33. The number of aliphatic carboxylic acids is 1. The second-order valence-electron chi connectivity index (χ2n) is 4.99. The molecule has 0 radical (unpaired) electrons. The second-order valence-corrected chi connectivity index (χ2v) is 4.99. The Morgan fingerprint density at radius 3 is 2.63 bits per heavy atom. The fraction of sp³-hybridized carbons (Fsp3) is 0.615. The van der Waals surface area contributed by atoms with E-state index in [1.165, 1.54) is 0 Å². The van der Waals surface area contributed by atoms with Gasteiger partial charge in [0.05, 0.1) is 5.92 Å². The van der Waals surface area contributed by atoms with Crippen molar-refractivity contribution in [3.63, 3.8) is 0 Å². The lowest BCUT2D eigenvalue weighted by molar-refractivity contribution is -0.142. The molecule has 0 aliphatic heterocycles.